The second kappa shape index (κ2) is 6.95. The molecule has 25 heavy (non-hydrogen) atoms. The number of fused-ring (bicyclic) bond motifs is 1. The molecule has 7 heteroatoms. The molecule has 2 saturated heterocycles. The minimum Gasteiger partial charge on any atom is -0.348 e. The molecule has 1 aromatic carbocycles. The highest BCUT2D eigenvalue weighted by molar-refractivity contribution is 5.83. The van der Waals surface area contributed by atoms with Crippen LogP contribution in [-0.2, 0) is 4.79 Å². The molecular weight excluding hydrogens is 316 g/mol. The van der Waals surface area contributed by atoms with Crippen molar-refractivity contribution in [2.45, 2.75) is 31.5 Å². The number of nitrogens with zero attached hydrogens (tertiary/aromatic N) is 2. The van der Waals surface area contributed by atoms with Gasteiger partial charge in [0.1, 0.15) is 6.04 Å². The minimum atomic E-state index is -0.197. The number of rotatable bonds is 4. The predicted molar refractivity (Wildman–Crippen MR) is 94.9 cm³/mol. The summed E-state index contributed by atoms with van der Waals surface area (Å²) in [4.78, 5) is 16.8. The summed E-state index contributed by atoms with van der Waals surface area (Å²) >= 11 is 0. The lowest BCUT2D eigenvalue weighted by Crippen LogP contribution is -2.49. The highest BCUT2D eigenvalue weighted by Gasteiger charge is 2.41. The van der Waals surface area contributed by atoms with E-state index < -0.39 is 0 Å². The van der Waals surface area contributed by atoms with Crippen LogP contribution in [0.3, 0.4) is 0 Å². The van der Waals surface area contributed by atoms with Gasteiger partial charge >= 0.3 is 0 Å². The van der Waals surface area contributed by atoms with E-state index in [1.807, 2.05) is 35.9 Å². The lowest BCUT2D eigenvalue weighted by molar-refractivity contribution is -0.124. The summed E-state index contributed by atoms with van der Waals surface area (Å²) in [5, 5.41) is 6.53. The van der Waals surface area contributed by atoms with Crippen molar-refractivity contribution in [3.8, 4) is 5.69 Å². The summed E-state index contributed by atoms with van der Waals surface area (Å²) in [5.41, 5.74) is 8.55. The number of amides is 1. The Morgan fingerprint density at radius 2 is 2.32 bits per heavy atom. The molecule has 0 bridgehead atoms. The molecule has 1 amide bonds. The lowest BCUT2D eigenvalue weighted by atomic mass is 9.89. The van der Waals surface area contributed by atoms with Gasteiger partial charge in [-0.3, -0.25) is 10.2 Å². The zero-order chi connectivity index (χ0) is 17.2. The lowest BCUT2D eigenvalue weighted by Gasteiger charge is -2.28. The number of piperidine rings is 1. The monoisotopic (exact) mass is 340 g/mol. The molecule has 7 nitrogen and oxygen atoms in total. The van der Waals surface area contributed by atoms with Gasteiger partial charge in [0.15, 0.2) is 0 Å². The van der Waals surface area contributed by atoms with Gasteiger partial charge in [-0.25, -0.2) is 10.4 Å². The van der Waals surface area contributed by atoms with Crippen LogP contribution in [0.2, 0.25) is 0 Å². The topological polar surface area (TPSA) is 83.0 Å². The third-order valence-corrected chi connectivity index (χ3v) is 5.20. The molecule has 4 rings (SSSR count). The average Bonchev–Trinajstić information content (AvgIpc) is 3.31. The van der Waals surface area contributed by atoms with Gasteiger partial charge in [-0.2, -0.15) is 0 Å². The first-order valence-electron chi connectivity index (χ1n) is 8.83. The summed E-state index contributed by atoms with van der Waals surface area (Å²) in [5.74, 6) is 0.336. The number of hydrazine groups is 1. The Balaban J connectivity index is 1.44. The van der Waals surface area contributed by atoms with Crippen molar-refractivity contribution in [3.05, 3.63) is 48.5 Å². The standard InChI is InChI=1S/C18H24N6O/c1-12(13-3-2-4-14(9-13)24-8-7-20-11-24)21-18(25)17-15-10-19-6-5-16(15)22-23-17/h2-4,7-9,11-12,15-17,19,22-23H,5-6,10H2,1H3,(H,21,25). The van der Waals surface area contributed by atoms with E-state index in [-0.39, 0.29) is 18.0 Å². The molecule has 2 aliphatic rings. The first-order chi connectivity index (χ1) is 12.2. The van der Waals surface area contributed by atoms with Crippen LogP contribution < -0.4 is 21.5 Å². The Morgan fingerprint density at radius 1 is 1.40 bits per heavy atom. The van der Waals surface area contributed by atoms with Crippen molar-refractivity contribution < 1.29 is 4.79 Å². The van der Waals surface area contributed by atoms with Gasteiger partial charge in [0.05, 0.1) is 12.4 Å². The summed E-state index contributed by atoms with van der Waals surface area (Å²) in [7, 11) is 0. The molecule has 1 aromatic heterocycles. The Kier molecular flexibility index (Phi) is 4.52. The maximum atomic E-state index is 12.7. The van der Waals surface area contributed by atoms with Gasteiger partial charge in [-0.15, -0.1) is 0 Å². The van der Waals surface area contributed by atoms with Crippen molar-refractivity contribution in [1.29, 1.82) is 0 Å². The van der Waals surface area contributed by atoms with Crippen molar-refractivity contribution in [2.24, 2.45) is 5.92 Å². The highest BCUT2D eigenvalue weighted by Crippen LogP contribution is 2.22. The van der Waals surface area contributed by atoms with Gasteiger partial charge in [0.25, 0.3) is 0 Å². The van der Waals surface area contributed by atoms with Gasteiger partial charge in [-0.1, -0.05) is 12.1 Å². The molecule has 0 saturated carbocycles. The SMILES string of the molecule is CC(NC(=O)C1NNC2CCNCC21)c1cccc(-n2ccnc2)c1. The summed E-state index contributed by atoms with van der Waals surface area (Å²) in [6, 6.07) is 8.26. The van der Waals surface area contributed by atoms with E-state index in [2.05, 4.69) is 32.5 Å². The Bertz CT molecular complexity index is 731. The van der Waals surface area contributed by atoms with E-state index in [0.717, 1.165) is 30.8 Å². The van der Waals surface area contributed by atoms with E-state index in [0.29, 0.717) is 12.0 Å². The molecule has 4 N–H and O–H groups in total. The molecule has 0 aliphatic carbocycles. The highest BCUT2D eigenvalue weighted by atomic mass is 16.2. The largest absolute Gasteiger partial charge is 0.348 e. The first-order valence-corrected chi connectivity index (χ1v) is 8.83. The normalized spacial score (nSPS) is 26.8. The number of hydrogen-bond donors (Lipinski definition) is 4. The number of carbonyl (C=O) groups is 1. The number of nitrogens with one attached hydrogen (secondary N) is 4. The van der Waals surface area contributed by atoms with Gasteiger partial charge < -0.3 is 15.2 Å². The second-order valence-electron chi connectivity index (χ2n) is 6.82. The zero-order valence-corrected chi connectivity index (χ0v) is 14.3. The molecule has 3 heterocycles. The molecule has 4 unspecified atom stereocenters. The van der Waals surface area contributed by atoms with Crippen molar-refractivity contribution in [3.63, 3.8) is 0 Å². The predicted octanol–water partition coefficient (Wildman–Crippen LogP) is 0.504. The zero-order valence-electron chi connectivity index (χ0n) is 14.3. The van der Waals surface area contributed by atoms with E-state index in [1.54, 1.807) is 12.5 Å². The van der Waals surface area contributed by atoms with Gasteiger partial charge in [0, 0.05) is 36.6 Å². The van der Waals surface area contributed by atoms with Crippen LogP contribution in [0.1, 0.15) is 24.9 Å². The van der Waals surface area contributed by atoms with Gasteiger partial charge in [-0.05, 0) is 37.6 Å². The molecule has 2 aliphatic heterocycles. The number of imidazole rings is 1. The van der Waals surface area contributed by atoms with Crippen LogP contribution >= 0.6 is 0 Å². The molecule has 0 spiro atoms. The van der Waals surface area contributed by atoms with Crippen molar-refractivity contribution >= 4 is 5.91 Å². The average molecular weight is 340 g/mol. The third-order valence-electron chi connectivity index (χ3n) is 5.20. The molecule has 2 aromatic rings. The fourth-order valence-electron chi connectivity index (χ4n) is 3.73. The van der Waals surface area contributed by atoms with Crippen LogP contribution in [0.5, 0.6) is 0 Å². The van der Waals surface area contributed by atoms with E-state index >= 15 is 0 Å². The Hall–Kier alpha value is -2.22. The molecule has 4 atom stereocenters. The van der Waals surface area contributed by atoms with E-state index in [1.165, 1.54) is 0 Å². The van der Waals surface area contributed by atoms with Crippen LogP contribution in [-0.4, -0.2) is 40.6 Å². The van der Waals surface area contributed by atoms with Crippen molar-refractivity contribution in [2.75, 3.05) is 13.1 Å². The number of carbonyl (C=O) groups excluding carboxylic acids is 1. The molecule has 2 fully saturated rings. The van der Waals surface area contributed by atoms with Crippen LogP contribution in [0, 0.1) is 5.92 Å². The second-order valence-corrected chi connectivity index (χ2v) is 6.82. The minimum absolute atomic E-state index is 0.0456. The fourth-order valence-corrected chi connectivity index (χ4v) is 3.73. The smallest absolute Gasteiger partial charge is 0.239 e. The number of aromatic nitrogens is 2. The molecule has 132 valence electrons. The third kappa shape index (κ3) is 3.30. The number of benzene rings is 1. The summed E-state index contributed by atoms with van der Waals surface area (Å²) in [6.07, 6.45) is 6.48. The van der Waals surface area contributed by atoms with E-state index in [9.17, 15) is 4.79 Å². The summed E-state index contributed by atoms with van der Waals surface area (Å²) < 4.78 is 1.96. The fraction of sp³-hybridized carbons (Fsp3) is 0.444. The maximum Gasteiger partial charge on any atom is 0.239 e. The van der Waals surface area contributed by atoms with E-state index in [4.69, 9.17) is 0 Å². The van der Waals surface area contributed by atoms with Crippen LogP contribution in [0.4, 0.5) is 0 Å². The van der Waals surface area contributed by atoms with Gasteiger partial charge in [0.2, 0.25) is 5.91 Å². The first kappa shape index (κ1) is 16.3. The Morgan fingerprint density at radius 3 is 3.16 bits per heavy atom. The maximum absolute atomic E-state index is 12.7. The molecule has 0 radical (unpaired) electrons. The Labute approximate surface area is 147 Å². The number of hydrogen-bond acceptors (Lipinski definition) is 5. The van der Waals surface area contributed by atoms with Crippen LogP contribution in [0.25, 0.3) is 5.69 Å². The molecular formula is C18H24N6O. The van der Waals surface area contributed by atoms with Crippen LogP contribution in [0.15, 0.2) is 43.0 Å². The summed E-state index contributed by atoms with van der Waals surface area (Å²) in [6.45, 7) is 3.89. The quantitative estimate of drug-likeness (QED) is 0.652. The van der Waals surface area contributed by atoms with Crippen molar-refractivity contribution in [1.82, 2.24) is 31.0 Å².